The highest BCUT2D eigenvalue weighted by Gasteiger charge is 2.21. The number of hydrogen-bond donors (Lipinski definition) is 1. The van der Waals surface area contributed by atoms with Crippen molar-refractivity contribution in [2.45, 2.75) is 33.6 Å². The summed E-state index contributed by atoms with van der Waals surface area (Å²) in [5.41, 5.74) is 3.06. The molecule has 23 heavy (non-hydrogen) atoms. The van der Waals surface area contributed by atoms with Crippen LogP contribution in [-0.2, 0) is 7.05 Å². The molecule has 0 aliphatic rings. The van der Waals surface area contributed by atoms with Crippen molar-refractivity contribution in [2.24, 2.45) is 7.05 Å². The minimum Gasteiger partial charge on any atom is -0.321 e. The second kappa shape index (κ2) is 7.22. The molecule has 1 aromatic heterocycles. The number of aryl methyl sites for hydroxylation is 2. The fourth-order valence-electron chi connectivity index (χ4n) is 2.48. The third-order valence-corrected chi connectivity index (χ3v) is 3.72. The maximum Gasteiger partial charge on any atom is 0.262 e. The lowest BCUT2D eigenvalue weighted by Crippen LogP contribution is -2.15. The predicted octanol–water partition coefficient (Wildman–Crippen LogP) is 4.32. The number of nitrogens with one attached hydrogen (secondary N) is 1. The SMILES string of the molecule is CCCC=C(C)c1ccccc1NC(=O)c1c(C)nn(C)c1F. The van der Waals surface area contributed by atoms with Crippen LogP contribution in [0, 0.1) is 12.9 Å². The van der Waals surface area contributed by atoms with Crippen molar-refractivity contribution in [1.82, 2.24) is 9.78 Å². The summed E-state index contributed by atoms with van der Waals surface area (Å²) in [5, 5.41) is 6.75. The van der Waals surface area contributed by atoms with Gasteiger partial charge >= 0.3 is 0 Å². The maximum absolute atomic E-state index is 14.0. The number of hydrogen-bond acceptors (Lipinski definition) is 2. The zero-order valence-corrected chi connectivity index (χ0v) is 14.0. The Labute approximate surface area is 136 Å². The van der Waals surface area contributed by atoms with E-state index in [0.717, 1.165) is 28.7 Å². The van der Waals surface area contributed by atoms with Gasteiger partial charge in [0.2, 0.25) is 5.95 Å². The van der Waals surface area contributed by atoms with Crippen molar-refractivity contribution in [2.75, 3.05) is 5.32 Å². The Balaban J connectivity index is 2.32. The van der Waals surface area contributed by atoms with Gasteiger partial charge in [0.25, 0.3) is 5.91 Å². The number of anilines is 1. The van der Waals surface area contributed by atoms with E-state index in [2.05, 4.69) is 23.4 Å². The minimum absolute atomic E-state index is 0.0162. The van der Waals surface area contributed by atoms with Crippen molar-refractivity contribution in [3.63, 3.8) is 0 Å². The lowest BCUT2D eigenvalue weighted by Gasteiger charge is -2.11. The quantitative estimate of drug-likeness (QED) is 0.893. The Morgan fingerprint density at radius 1 is 1.39 bits per heavy atom. The lowest BCUT2D eigenvalue weighted by atomic mass is 10.0. The topological polar surface area (TPSA) is 46.9 Å². The highest BCUT2D eigenvalue weighted by Crippen LogP contribution is 2.25. The van der Waals surface area contributed by atoms with Crippen molar-refractivity contribution < 1.29 is 9.18 Å². The summed E-state index contributed by atoms with van der Waals surface area (Å²) in [6, 6.07) is 7.53. The van der Waals surface area contributed by atoms with Crippen LogP contribution >= 0.6 is 0 Å². The van der Waals surface area contributed by atoms with E-state index in [0.29, 0.717) is 11.4 Å². The first-order chi connectivity index (χ1) is 11.0. The van der Waals surface area contributed by atoms with Gasteiger partial charge in [-0.2, -0.15) is 9.49 Å². The van der Waals surface area contributed by atoms with E-state index in [1.165, 1.54) is 7.05 Å². The Bertz CT molecular complexity index is 747. The molecule has 1 N–H and O–H groups in total. The molecule has 0 saturated heterocycles. The second-order valence-electron chi connectivity index (χ2n) is 5.55. The summed E-state index contributed by atoms with van der Waals surface area (Å²) in [6.07, 6.45) is 4.18. The van der Waals surface area contributed by atoms with Crippen LogP contribution in [0.3, 0.4) is 0 Å². The molecule has 0 radical (unpaired) electrons. The van der Waals surface area contributed by atoms with Crippen LogP contribution in [0.2, 0.25) is 0 Å². The number of halogens is 1. The third-order valence-electron chi connectivity index (χ3n) is 3.72. The van der Waals surface area contributed by atoms with Gasteiger partial charge in [-0.05, 0) is 31.9 Å². The van der Waals surface area contributed by atoms with E-state index >= 15 is 0 Å². The Morgan fingerprint density at radius 3 is 2.70 bits per heavy atom. The molecule has 0 fully saturated rings. The monoisotopic (exact) mass is 315 g/mol. The number of carbonyl (C=O) groups is 1. The zero-order valence-electron chi connectivity index (χ0n) is 14.0. The Hall–Kier alpha value is -2.43. The highest BCUT2D eigenvalue weighted by molar-refractivity contribution is 6.06. The molecule has 5 heteroatoms. The number of amides is 1. The molecular formula is C18H22FN3O. The van der Waals surface area contributed by atoms with Gasteiger partial charge in [0, 0.05) is 18.3 Å². The van der Waals surface area contributed by atoms with E-state index in [1.807, 2.05) is 31.2 Å². The number of carbonyl (C=O) groups excluding carboxylic acids is 1. The average molecular weight is 315 g/mol. The largest absolute Gasteiger partial charge is 0.321 e. The van der Waals surface area contributed by atoms with Gasteiger partial charge in [-0.3, -0.25) is 4.79 Å². The molecule has 0 aliphatic heterocycles. The Kier molecular flexibility index (Phi) is 5.32. The van der Waals surface area contributed by atoms with E-state index in [-0.39, 0.29) is 5.56 Å². The summed E-state index contributed by atoms with van der Waals surface area (Å²) in [7, 11) is 1.48. The van der Waals surface area contributed by atoms with E-state index < -0.39 is 11.9 Å². The number of unbranched alkanes of at least 4 members (excludes halogenated alkanes) is 1. The van der Waals surface area contributed by atoms with E-state index in [4.69, 9.17) is 0 Å². The predicted molar refractivity (Wildman–Crippen MR) is 90.9 cm³/mol. The first-order valence-electron chi connectivity index (χ1n) is 7.72. The van der Waals surface area contributed by atoms with Crippen molar-refractivity contribution >= 4 is 17.2 Å². The van der Waals surface area contributed by atoms with Gasteiger partial charge in [0.05, 0.1) is 5.69 Å². The molecule has 0 saturated carbocycles. The van der Waals surface area contributed by atoms with Crippen LogP contribution in [0.1, 0.15) is 48.3 Å². The number of benzene rings is 1. The molecule has 4 nitrogen and oxygen atoms in total. The standard InChI is InChI=1S/C18H22FN3O/c1-5-6-9-12(2)14-10-7-8-11-15(14)20-18(23)16-13(3)21-22(4)17(16)19/h7-11H,5-6H2,1-4H3,(H,20,23). The number of para-hydroxylation sites is 1. The maximum atomic E-state index is 14.0. The summed E-state index contributed by atoms with van der Waals surface area (Å²) in [6.45, 7) is 5.75. The summed E-state index contributed by atoms with van der Waals surface area (Å²) in [5.74, 6) is -1.11. The molecule has 122 valence electrons. The van der Waals surface area contributed by atoms with Crippen LogP contribution < -0.4 is 5.32 Å². The van der Waals surface area contributed by atoms with Crippen LogP contribution in [-0.4, -0.2) is 15.7 Å². The molecule has 0 unspecified atom stereocenters. The van der Waals surface area contributed by atoms with Gasteiger partial charge in [-0.25, -0.2) is 4.68 Å². The highest BCUT2D eigenvalue weighted by atomic mass is 19.1. The molecule has 0 spiro atoms. The van der Waals surface area contributed by atoms with Crippen molar-refractivity contribution in [1.29, 1.82) is 0 Å². The van der Waals surface area contributed by atoms with Gasteiger partial charge < -0.3 is 5.32 Å². The molecular weight excluding hydrogens is 293 g/mol. The summed E-state index contributed by atoms with van der Waals surface area (Å²) >= 11 is 0. The van der Waals surface area contributed by atoms with Crippen LogP contribution in [0.5, 0.6) is 0 Å². The molecule has 0 aliphatic carbocycles. The molecule has 1 heterocycles. The molecule has 1 aromatic carbocycles. The van der Waals surface area contributed by atoms with E-state index in [9.17, 15) is 9.18 Å². The normalized spacial score (nSPS) is 11.6. The molecule has 2 aromatic rings. The minimum atomic E-state index is -0.629. The molecule has 0 bridgehead atoms. The van der Waals surface area contributed by atoms with Gasteiger partial charge in [0.15, 0.2) is 0 Å². The Morgan fingerprint density at radius 2 is 2.09 bits per heavy atom. The first-order valence-corrected chi connectivity index (χ1v) is 7.72. The zero-order chi connectivity index (χ0) is 17.0. The van der Waals surface area contributed by atoms with Crippen molar-refractivity contribution in [3.8, 4) is 0 Å². The summed E-state index contributed by atoms with van der Waals surface area (Å²) in [4.78, 5) is 12.4. The molecule has 2 rings (SSSR count). The summed E-state index contributed by atoms with van der Waals surface area (Å²) < 4.78 is 15.1. The second-order valence-corrected chi connectivity index (χ2v) is 5.55. The third kappa shape index (κ3) is 3.67. The fraction of sp³-hybridized carbons (Fsp3) is 0.333. The number of allylic oxidation sites excluding steroid dienone is 2. The smallest absolute Gasteiger partial charge is 0.262 e. The number of rotatable bonds is 5. The molecule has 1 amide bonds. The van der Waals surface area contributed by atoms with Crippen molar-refractivity contribution in [3.05, 3.63) is 53.1 Å². The lowest BCUT2D eigenvalue weighted by molar-refractivity contribution is 0.102. The average Bonchev–Trinajstić information content (AvgIpc) is 2.78. The number of aromatic nitrogens is 2. The van der Waals surface area contributed by atoms with E-state index in [1.54, 1.807) is 6.92 Å². The van der Waals surface area contributed by atoms with Crippen LogP contribution in [0.15, 0.2) is 30.3 Å². The first kappa shape index (κ1) is 16.9. The van der Waals surface area contributed by atoms with Crippen LogP contribution in [0.25, 0.3) is 5.57 Å². The number of nitrogens with zero attached hydrogens (tertiary/aromatic N) is 2. The van der Waals surface area contributed by atoms with Gasteiger partial charge in [-0.15, -0.1) is 0 Å². The van der Waals surface area contributed by atoms with Crippen LogP contribution in [0.4, 0.5) is 10.1 Å². The van der Waals surface area contributed by atoms with Gasteiger partial charge in [0.1, 0.15) is 5.56 Å². The fourth-order valence-corrected chi connectivity index (χ4v) is 2.48. The molecule has 0 atom stereocenters. The van der Waals surface area contributed by atoms with Gasteiger partial charge in [-0.1, -0.05) is 37.6 Å².